The number of carbonyl (C=O) groups is 1. The second kappa shape index (κ2) is 5.52. The van der Waals surface area contributed by atoms with Gasteiger partial charge in [-0.2, -0.15) is 4.98 Å². The zero-order chi connectivity index (χ0) is 14.9. The van der Waals surface area contributed by atoms with Gasteiger partial charge in [-0.15, -0.1) is 0 Å². The third-order valence-electron chi connectivity index (χ3n) is 4.02. The number of ether oxygens (including phenoxy) is 1. The minimum Gasteiger partial charge on any atom is -0.481 e. The van der Waals surface area contributed by atoms with Gasteiger partial charge in [0.15, 0.2) is 0 Å². The van der Waals surface area contributed by atoms with Gasteiger partial charge in [-0.05, 0) is 18.8 Å². The van der Waals surface area contributed by atoms with Gasteiger partial charge in [-0.1, -0.05) is 32.3 Å². The number of aromatic nitrogens is 2. The Hall–Kier alpha value is -1.43. The molecular formula is C14H22N2O4. The second-order valence-electron chi connectivity index (χ2n) is 5.84. The molecule has 3 unspecified atom stereocenters. The topological polar surface area (TPSA) is 85.5 Å². The van der Waals surface area contributed by atoms with Gasteiger partial charge in [-0.3, -0.25) is 4.79 Å². The first-order valence-corrected chi connectivity index (χ1v) is 7.11. The van der Waals surface area contributed by atoms with Gasteiger partial charge in [0.25, 0.3) is 0 Å². The molecule has 1 fully saturated rings. The van der Waals surface area contributed by atoms with Crippen molar-refractivity contribution in [3.8, 4) is 0 Å². The minimum atomic E-state index is -0.810. The maximum absolute atomic E-state index is 11.2. The molecule has 1 aliphatic carbocycles. The van der Waals surface area contributed by atoms with E-state index in [4.69, 9.17) is 9.26 Å². The van der Waals surface area contributed by atoms with Crippen molar-refractivity contribution in [1.82, 2.24) is 10.1 Å². The number of carboxylic acid groups (broad SMARTS) is 1. The molecule has 1 N–H and O–H groups in total. The van der Waals surface area contributed by atoms with Crippen molar-refractivity contribution in [2.45, 2.75) is 52.6 Å². The monoisotopic (exact) mass is 282 g/mol. The van der Waals surface area contributed by atoms with E-state index in [0.29, 0.717) is 18.3 Å². The average molecular weight is 282 g/mol. The molecule has 1 saturated carbocycles. The maximum atomic E-state index is 11.2. The van der Waals surface area contributed by atoms with Gasteiger partial charge in [0.05, 0.1) is 11.8 Å². The maximum Gasteiger partial charge on any atom is 0.307 e. The van der Waals surface area contributed by atoms with Gasteiger partial charge in [-0.25, -0.2) is 0 Å². The molecule has 2 rings (SSSR count). The molecule has 0 saturated heterocycles. The van der Waals surface area contributed by atoms with Crippen LogP contribution < -0.4 is 0 Å². The smallest absolute Gasteiger partial charge is 0.307 e. The molecule has 3 atom stereocenters. The lowest BCUT2D eigenvalue weighted by Gasteiger charge is -2.11. The summed E-state index contributed by atoms with van der Waals surface area (Å²) in [6, 6.07) is 0. The fourth-order valence-electron chi connectivity index (χ4n) is 2.81. The van der Waals surface area contributed by atoms with Crippen molar-refractivity contribution < 1.29 is 19.2 Å². The van der Waals surface area contributed by atoms with Gasteiger partial charge in [0.1, 0.15) is 6.10 Å². The van der Waals surface area contributed by atoms with E-state index in [1.54, 1.807) is 0 Å². The molecule has 1 heterocycles. The van der Waals surface area contributed by atoms with Crippen LogP contribution in [-0.2, 0) is 9.53 Å². The summed E-state index contributed by atoms with van der Waals surface area (Å²) in [5.41, 5.74) is -0.332. The standard InChI is InChI=1S/C14H22N2O4/c1-5-7-8(19-6-2)11-15-12(20-16-11)9-10(13(17)18)14(9,3)4/h8-10H,5-7H2,1-4H3,(H,17,18). The van der Waals surface area contributed by atoms with Crippen LogP contribution in [0.1, 0.15) is 64.3 Å². The van der Waals surface area contributed by atoms with Crippen LogP contribution in [0.3, 0.4) is 0 Å². The summed E-state index contributed by atoms with van der Waals surface area (Å²) in [5.74, 6) is -0.527. The van der Waals surface area contributed by atoms with E-state index in [2.05, 4.69) is 17.1 Å². The zero-order valence-corrected chi connectivity index (χ0v) is 12.4. The van der Waals surface area contributed by atoms with Crippen molar-refractivity contribution in [2.24, 2.45) is 11.3 Å². The van der Waals surface area contributed by atoms with Crippen LogP contribution in [0, 0.1) is 11.3 Å². The number of aliphatic carboxylic acids is 1. The fraction of sp³-hybridized carbons (Fsp3) is 0.786. The van der Waals surface area contributed by atoms with Crippen molar-refractivity contribution in [3.63, 3.8) is 0 Å². The first kappa shape index (κ1) is 15.0. The molecule has 20 heavy (non-hydrogen) atoms. The molecule has 1 aliphatic rings. The van der Waals surface area contributed by atoms with Crippen molar-refractivity contribution in [2.75, 3.05) is 6.61 Å². The van der Waals surface area contributed by atoms with Crippen LogP contribution in [0.15, 0.2) is 4.52 Å². The van der Waals surface area contributed by atoms with Gasteiger partial charge < -0.3 is 14.4 Å². The molecule has 0 amide bonds. The highest BCUT2D eigenvalue weighted by atomic mass is 16.5. The highest BCUT2D eigenvalue weighted by Gasteiger charge is 2.65. The van der Waals surface area contributed by atoms with Gasteiger partial charge in [0.2, 0.25) is 11.7 Å². The number of nitrogens with zero attached hydrogens (tertiary/aromatic N) is 2. The summed E-state index contributed by atoms with van der Waals surface area (Å²) in [6.45, 7) is 8.39. The molecule has 6 nitrogen and oxygen atoms in total. The van der Waals surface area contributed by atoms with Crippen molar-refractivity contribution >= 4 is 5.97 Å². The average Bonchev–Trinajstić information content (AvgIpc) is 2.74. The normalized spacial score (nSPS) is 25.4. The van der Waals surface area contributed by atoms with Crippen molar-refractivity contribution in [1.29, 1.82) is 0 Å². The molecule has 112 valence electrons. The summed E-state index contributed by atoms with van der Waals surface area (Å²) in [4.78, 5) is 15.6. The van der Waals surface area contributed by atoms with E-state index >= 15 is 0 Å². The molecule has 1 aromatic rings. The van der Waals surface area contributed by atoms with E-state index in [0.717, 1.165) is 12.8 Å². The molecule has 0 radical (unpaired) electrons. The Morgan fingerprint density at radius 3 is 2.70 bits per heavy atom. The lowest BCUT2D eigenvalue weighted by molar-refractivity contribution is -0.139. The Labute approximate surface area is 118 Å². The largest absolute Gasteiger partial charge is 0.481 e. The van der Waals surface area contributed by atoms with Crippen LogP contribution in [0.4, 0.5) is 0 Å². The summed E-state index contributed by atoms with van der Waals surface area (Å²) in [5, 5.41) is 13.2. The van der Waals surface area contributed by atoms with E-state index in [1.165, 1.54) is 0 Å². The third-order valence-corrected chi connectivity index (χ3v) is 4.02. The molecule has 0 aromatic carbocycles. The number of carboxylic acids is 1. The molecular weight excluding hydrogens is 260 g/mol. The summed E-state index contributed by atoms with van der Waals surface area (Å²) >= 11 is 0. The Balaban J connectivity index is 2.15. The molecule has 0 aliphatic heterocycles. The highest BCUT2D eigenvalue weighted by Crippen LogP contribution is 2.64. The number of hydrogen-bond acceptors (Lipinski definition) is 5. The Bertz CT molecular complexity index is 477. The quantitative estimate of drug-likeness (QED) is 0.827. The molecule has 1 aromatic heterocycles. The van der Waals surface area contributed by atoms with E-state index in [9.17, 15) is 9.90 Å². The molecule has 0 bridgehead atoms. The molecule has 6 heteroatoms. The van der Waals surface area contributed by atoms with Crippen LogP contribution in [0.2, 0.25) is 0 Å². The molecule has 0 spiro atoms. The van der Waals surface area contributed by atoms with E-state index < -0.39 is 11.9 Å². The highest BCUT2D eigenvalue weighted by molar-refractivity contribution is 5.77. The SMILES string of the molecule is CCCC(OCC)c1noc(C2C(C(=O)O)C2(C)C)n1. The summed E-state index contributed by atoms with van der Waals surface area (Å²) < 4.78 is 10.9. The fourth-order valence-corrected chi connectivity index (χ4v) is 2.81. The Morgan fingerprint density at radius 1 is 1.50 bits per heavy atom. The van der Waals surface area contributed by atoms with Crippen molar-refractivity contribution in [3.05, 3.63) is 11.7 Å². The first-order valence-electron chi connectivity index (χ1n) is 7.11. The summed E-state index contributed by atoms with van der Waals surface area (Å²) in [7, 11) is 0. The third kappa shape index (κ3) is 2.57. The first-order chi connectivity index (χ1) is 9.43. The lowest BCUT2D eigenvalue weighted by Crippen LogP contribution is -2.06. The Kier molecular flexibility index (Phi) is 4.13. The predicted octanol–water partition coefficient (Wildman–Crippen LogP) is 2.77. The summed E-state index contributed by atoms with van der Waals surface area (Å²) in [6.07, 6.45) is 1.61. The van der Waals surface area contributed by atoms with Crippen LogP contribution in [0.25, 0.3) is 0 Å². The zero-order valence-electron chi connectivity index (χ0n) is 12.4. The van der Waals surface area contributed by atoms with E-state index in [1.807, 2.05) is 20.8 Å². The van der Waals surface area contributed by atoms with Crippen LogP contribution >= 0.6 is 0 Å². The minimum absolute atomic E-state index is 0.173. The predicted molar refractivity (Wildman–Crippen MR) is 71.2 cm³/mol. The van der Waals surface area contributed by atoms with Crippen LogP contribution in [0.5, 0.6) is 0 Å². The van der Waals surface area contributed by atoms with Gasteiger partial charge >= 0.3 is 5.97 Å². The van der Waals surface area contributed by atoms with E-state index in [-0.39, 0.29) is 17.4 Å². The number of hydrogen-bond donors (Lipinski definition) is 1. The number of rotatable bonds is 7. The Morgan fingerprint density at radius 2 is 2.20 bits per heavy atom. The lowest BCUT2D eigenvalue weighted by atomic mass is 10.1. The van der Waals surface area contributed by atoms with Gasteiger partial charge in [0, 0.05) is 6.61 Å². The van der Waals surface area contributed by atoms with Crippen LogP contribution in [-0.4, -0.2) is 27.8 Å². The second-order valence-corrected chi connectivity index (χ2v) is 5.84.